The summed E-state index contributed by atoms with van der Waals surface area (Å²) in [6.45, 7) is 0.446. The van der Waals surface area contributed by atoms with Gasteiger partial charge in [0.25, 0.3) is 10.0 Å². The zero-order valence-electron chi connectivity index (χ0n) is 14.6. The minimum absolute atomic E-state index is 0.0591. The molecule has 0 fully saturated rings. The Balaban J connectivity index is 1.71. The van der Waals surface area contributed by atoms with Gasteiger partial charge in [-0.1, -0.05) is 46.3 Å². The van der Waals surface area contributed by atoms with Crippen molar-refractivity contribution in [3.63, 3.8) is 0 Å². The van der Waals surface area contributed by atoms with Crippen LogP contribution in [0.4, 0.5) is 5.69 Å². The first-order chi connectivity index (χ1) is 13.0. The van der Waals surface area contributed by atoms with Crippen LogP contribution in [0.2, 0.25) is 0 Å². The summed E-state index contributed by atoms with van der Waals surface area (Å²) in [6, 6.07) is 21.4. The molecule has 0 aliphatic carbocycles. The van der Waals surface area contributed by atoms with Crippen molar-refractivity contribution in [3.8, 4) is 11.5 Å². The molecule has 0 heterocycles. The Morgan fingerprint density at radius 1 is 0.963 bits per heavy atom. The van der Waals surface area contributed by atoms with E-state index in [0.29, 0.717) is 22.5 Å². The van der Waals surface area contributed by atoms with Crippen molar-refractivity contribution in [2.75, 3.05) is 11.8 Å². The summed E-state index contributed by atoms with van der Waals surface area (Å²) < 4.78 is 39.4. The van der Waals surface area contributed by atoms with E-state index >= 15 is 0 Å². The highest BCUT2D eigenvalue weighted by Crippen LogP contribution is 2.29. The standard InChI is InChI=1S/C20H18BrNO4S/c1-25-19-12-7-16(21)13-20(19)27(23,24)22-17-8-10-18(11-9-17)26-14-15-5-3-2-4-6-15/h2-13,22H,14H2,1H3. The van der Waals surface area contributed by atoms with Crippen LogP contribution < -0.4 is 14.2 Å². The van der Waals surface area contributed by atoms with Gasteiger partial charge < -0.3 is 9.47 Å². The minimum Gasteiger partial charge on any atom is -0.495 e. The van der Waals surface area contributed by atoms with Crippen molar-refractivity contribution in [2.45, 2.75) is 11.5 Å². The number of anilines is 1. The number of methoxy groups -OCH3 is 1. The van der Waals surface area contributed by atoms with Crippen molar-refractivity contribution < 1.29 is 17.9 Å². The van der Waals surface area contributed by atoms with E-state index in [4.69, 9.17) is 9.47 Å². The molecule has 0 spiro atoms. The van der Waals surface area contributed by atoms with Gasteiger partial charge in [0, 0.05) is 10.2 Å². The summed E-state index contributed by atoms with van der Waals surface area (Å²) in [5.41, 5.74) is 1.49. The second-order valence-corrected chi connectivity index (χ2v) is 8.27. The molecule has 3 aromatic carbocycles. The highest BCUT2D eigenvalue weighted by atomic mass is 79.9. The van der Waals surface area contributed by atoms with Crippen LogP contribution in [0.15, 0.2) is 82.2 Å². The molecule has 0 radical (unpaired) electrons. The first-order valence-electron chi connectivity index (χ1n) is 8.11. The molecule has 7 heteroatoms. The molecule has 0 unspecified atom stereocenters. The maximum absolute atomic E-state index is 12.7. The number of ether oxygens (including phenoxy) is 2. The molecule has 5 nitrogen and oxygen atoms in total. The van der Waals surface area contributed by atoms with Gasteiger partial charge in [0.05, 0.1) is 7.11 Å². The van der Waals surface area contributed by atoms with Crippen LogP contribution in [0, 0.1) is 0 Å². The average molecular weight is 448 g/mol. The Kier molecular flexibility index (Phi) is 6.03. The fourth-order valence-electron chi connectivity index (χ4n) is 2.43. The normalized spacial score (nSPS) is 11.0. The summed E-state index contributed by atoms with van der Waals surface area (Å²) in [6.07, 6.45) is 0. The van der Waals surface area contributed by atoms with Gasteiger partial charge in [-0.05, 0) is 48.0 Å². The summed E-state index contributed by atoms with van der Waals surface area (Å²) in [7, 11) is -2.36. The van der Waals surface area contributed by atoms with Crippen molar-refractivity contribution >= 4 is 31.6 Å². The second kappa shape index (κ2) is 8.45. The van der Waals surface area contributed by atoms with Gasteiger partial charge in [-0.25, -0.2) is 8.42 Å². The van der Waals surface area contributed by atoms with E-state index in [0.717, 1.165) is 5.56 Å². The van der Waals surface area contributed by atoms with Gasteiger partial charge in [0.1, 0.15) is 23.0 Å². The van der Waals surface area contributed by atoms with Crippen molar-refractivity contribution in [1.82, 2.24) is 0 Å². The van der Waals surface area contributed by atoms with E-state index in [1.54, 1.807) is 36.4 Å². The molecule has 0 amide bonds. The van der Waals surface area contributed by atoms with Crippen LogP contribution in [-0.4, -0.2) is 15.5 Å². The Hall–Kier alpha value is -2.51. The number of hydrogen-bond donors (Lipinski definition) is 1. The van der Waals surface area contributed by atoms with Crippen LogP contribution in [0.1, 0.15) is 5.56 Å². The zero-order chi connectivity index (χ0) is 19.3. The molecule has 1 N–H and O–H groups in total. The second-order valence-electron chi connectivity index (χ2n) is 5.70. The lowest BCUT2D eigenvalue weighted by Crippen LogP contribution is -2.14. The molecule has 0 aliphatic rings. The van der Waals surface area contributed by atoms with Gasteiger partial charge in [0.2, 0.25) is 0 Å². The highest BCUT2D eigenvalue weighted by molar-refractivity contribution is 9.10. The summed E-state index contributed by atoms with van der Waals surface area (Å²) in [5.74, 6) is 0.926. The van der Waals surface area contributed by atoms with E-state index in [2.05, 4.69) is 20.7 Å². The maximum Gasteiger partial charge on any atom is 0.265 e. The number of benzene rings is 3. The van der Waals surface area contributed by atoms with E-state index in [9.17, 15) is 8.42 Å². The fourth-order valence-corrected chi connectivity index (χ4v) is 4.20. The molecular weight excluding hydrogens is 430 g/mol. The van der Waals surface area contributed by atoms with Crippen LogP contribution in [0.25, 0.3) is 0 Å². The Morgan fingerprint density at radius 3 is 2.33 bits per heavy atom. The van der Waals surface area contributed by atoms with Gasteiger partial charge in [-0.3, -0.25) is 4.72 Å². The van der Waals surface area contributed by atoms with Gasteiger partial charge in [-0.15, -0.1) is 0 Å². The minimum atomic E-state index is -3.79. The lowest BCUT2D eigenvalue weighted by atomic mass is 10.2. The van der Waals surface area contributed by atoms with E-state index in [1.165, 1.54) is 13.2 Å². The van der Waals surface area contributed by atoms with Gasteiger partial charge >= 0.3 is 0 Å². The predicted molar refractivity (Wildman–Crippen MR) is 109 cm³/mol. The van der Waals surface area contributed by atoms with Crippen LogP contribution >= 0.6 is 15.9 Å². The quantitative estimate of drug-likeness (QED) is 0.562. The molecule has 0 aliphatic heterocycles. The van der Waals surface area contributed by atoms with Crippen LogP contribution in [0.5, 0.6) is 11.5 Å². The molecule has 140 valence electrons. The molecule has 27 heavy (non-hydrogen) atoms. The first kappa shape index (κ1) is 19.3. The lowest BCUT2D eigenvalue weighted by Gasteiger charge is -2.12. The van der Waals surface area contributed by atoms with Crippen molar-refractivity contribution in [3.05, 3.63) is 82.8 Å². The third kappa shape index (κ3) is 5.02. The molecule has 0 aromatic heterocycles. The largest absolute Gasteiger partial charge is 0.495 e. The maximum atomic E-state index is 12.7. The average Bonchev–Trinajstić information content (AvgIpc) is 2.68. The number of hydrogen-bond acceptors (Lipinski definition) is 4. The monoisotopic (exact) mass is 447 g/mol. The molecule has 0 saturated carbocycles. The molecule has 0 bridgehead atoms. The Labute approximate surface area is 167 Å². The topological polar surface area (TPSA) is 64.6 Å². The summed E-state index contributed by atoms with van der Waals surface area (Å²) in [5, 5.41) is 0. The fraction of sp³-hybridized carbons (Fsp3) is 0.100. The zero-order valence-corrected chi connectivity index (χ0v) is 17.0. The Bertz CT molecular complexity index is 1010. The number of rotatable bonds is 7. The Morgan fingerprint density at radius 2 is 1.67 bits per heavy atom. The van der Waals surface area contributed by atoms with Crippen LogP contribution in [-0.2, 0) is 16.6 Å². The van der Waals surface area contributed by atoms with Crippen molar-refractivity contribution in [1.29, 1.82) is 0 Å². The number of nitrogens with one attached hydrogen (secondary N) is 1. The van der Waals surface area contributed by atoms with Gasteiger partial charge in [0.15, 0.2) is 0 Å². The third-order valence-corrected chi connectivity index (χ3v) is 5.67. The summed E-state index contributed by atoms with van der Waals surface area (Å²) >= 11 is 3.29. The lowest BCUT2D eigenvalue weighted by molar-refractivity contribution is 0.306. The predicted octanol–water partition coefficient (Wildman–Crippen LogP) is 4.84. The molecule has 0 saturated heterocycles. The SMILES string of the molecule is COc1ccc(Br)cc1S(=O)(=O)Nc1ccc(OCc2ccccc2)cc1. The van der Waals surface area contributed by atoms with E-state index in [1.807, 2.05) is 30.3 Å². The molecular formula is C20H18BrNO4S. The number of sulfonamides is 1. The molecule has 3 aromatic rings. The smallest absolute Gasteiger partial charge is 0.265 e. The van der Waals surface area contributed by atoms with Gasteiger partial charge in [-0.2, -0.15) is 0 Å². The van der Waals surface area contributed by atoms with E-state index in [-0.39, 0.29) is 10.6 Å². The first-order valence-corrected chi connectivity index (χ1v) is 10.4. The number of halogens is 1. The van der Waals surface area contributed by atoms with Crippen molar-refractivity contribution in [2.24, 2.45) is 0 Å². The van der Waals surface area contributed by atoms with Crippen LogP contribution in [0.3, 0.4) is 0 Å². The van der Waals surface area contributed by atoms with E-state index < -0.39 is 10.0 Å². The molecule has 3 rings (SSSR count). The summed E-state index contributed by atoms with van der Waals surface area (Å²) in [4.78, 5) is 0.0591. The highest BCUT2D eigenvalue weighted by Gasteiger charge is 2.20. The molecule has 0 atom stereocenters. The third-order valence-electron chi connectivity index (χ3n) is 3.77.